The van der Waals surface area contributed by atoms with Gasteiger partial charge < -0.3 is 20.2 Å². The first-order chi connectivity index (χ1) is 10.8. The molecule has 0 radical (unpaired) electrons. The van der Waals surface area contributed by atoms with E-state index in [1.165, 1.54) is 0 Å². The minimum Gasteiger partial charge on any atom is -0.466 e. The molecule has 0 fully saturated rings. The summed E-state index contributed by atoms with van der Waals surface area (Å²) in [7, 11) is 0. The molecule has 0 spiro atoms. The van der Waals surface area contributed by atoms with Gasteiger partial charge in [-0.2, -0.15) is 0 Å². The number of carbonyl (C=O) groups excluding carboxylic acids is 1. The fourth-order valence-electron chi connectivity index (χ4n) is 2.40. The lowest BCUT2D eigenvalue weighted by Crippen LogP contribution is -2.44. The summed E-state index contributed by atoms with van der Waals surface area (Å²) >= 11 is 1.60. The van der Waals surface area contributed by atoms with Crippen molar-refractivity contribution in [3.05, 3.63) is 39.2 Å². The Kier molecular flexibility index (Phi) is 5.43. The third kappa shape index (κ3) is 4.80. The van der Waals surface area contributed by atoms with E-state index in [0.717, 1.165) is 16.5 Å². The van der Waals surface area contributed by atoms with Gasteiger partial charge in [0.2, 0.25) is 0 Å². The molecule has 0 saturated carbocycles. The summed E-state index contributed by atoms with van der Waals surface area (Å²) in [6.45, 7) is 7.84. The van der Waals surface area contributed by atoms with Crippen molar-refractivity contribution in [3.8, 4) is 0 Å². The molecule has 3 N–H and O–H groups in total. The molecule has 0 saturated heterocycles. The Balaban J connectivity index is 1.78. The molecule has 2 heterocycles. The van der Waals surface area contributed by atoms with Crippen LogP contribution in [0.15, 0.2) is 15.9 Å². The molecule has 0 aliphatic carbocycles. The van der Waals surface area contributed by atoms with Crippen LogP contribution in [0.4, 0.5) is 4.79 Å². The van der Waals surface area contributed by atoms with Gasteiger partial charge in [0.1, 0.15) is 17.1 Å². The summed E-state index contributed by atoms with van der Waals surface area (Å²) in [5.74, 6) is 1.40. The van der Waals surface area contributed by atoms with Gasteiger partial charge in [-0.05, 0) is 33.8 Å². The first kappa shape index (κ1) is 17.5. The van der Waals surface area contributed by atoms with E-state index < -0.39 is 5.60 Å². The number of thiazole rings is 1. The Morgan fingerprint density at radius 3 is 2.70 bits per heavy atom. The molecule has 0 bridgehead atoms. The third-order valence-electron chi connectivity index (χ3n) is 3.55. The maximum atomic E-state index is 11.8. The van der Waals surface area contributed by atoms with E-state index in [4.69, 9.17) is 4.42 Å². The van der Waals surface area contributed by atoms with Gasteiger partial charge in [0.05, 0.1) is 17.2 Å². The molecule has 2 amide bonds. The lowest BCUT2D eigenvalue weighted by Gasteiger charge is -2.23. The Morgan fingerprint density at radius 1 is 1.39 bits per heavy atom. The van der Waals surface area contributed by atoms with Gasteiger partial charge in [0.15, 0.2) is 0 Å². The molecular formula is C16H23N3O3S. The number of aromatic nitrogens is 1. The summed E-state index contributed by atoms with van der Waals surface area (Å²) in [5, 5.41) is 19.0. The highest BCUT2D eigenvalue weighted by Crippen LogP contribution is 2.26. The zero-order chi connectivity index (χ0) is 17.0. The van der Waals surface area contributed by atoms with Crippen molar-refractivity contribution >= 4 is 17.4 Å². The second kappa shape index (κ2) is 7.14. The average Bonchev–Trinajstić information content (AvgIpc) is 3.02. The first-order valence-corrected chi connectivity index (χ1v) is 8.38. The van der Waals surface area contributed by atoms with Crippen LogP contribution in [0.2, 0.25) is 0 Å². The zero-order valence-electron chi connectivity index (χ0n) is 13.9. The summed E-state index contributed by atoms with van der Waals surface area (Å²) in [4.78, 5) is 16.2. The Morgan fingerprint density at radius 2 is 2.13 bits per heavy atom. The number of hydrogen-bond acceptors (Lipinski definition) is 5. The molecule has 2 aromatic rings. The lowest BCUT2D eigenvalue weighted by molar-refractivity contribution is 0.0579. The van der Waals surface area contributed by atoms with Crippen LogP contribution in [0.25, 0.3) is 0 Å². The number of furan rings is 1. The predicted molar refractivity (Wildman–Crippen MR) is 89.7 cm³/mol. The van der Waals surface area contributed by atoms with Crippen molar-refractivity contribution in [2.24, 2.45) is 0 Å². The van der Waals surface area contributed by atoms with Crippen LogP contribution in [0, 0.1) is 20.8 Å². The zero-order valence-corrected chi connectivity index (χ0v) is 14.7. The van der Waals surface area contributed by atoms with Gasteiger partial charge in [-0.15, -0.1) is 11.3 Å². The normalized spacial score (nSPS) is 13.6. The molecule has 0 aliphatic rings. The highest BCUT2D eigenvalue weighted by atomic mass is 32.1. The standard InChI is InChI=1S/C16H23N3O3S/c1-10-7-14(11(2)22-10)16(4,21)9-18-15(20)17-6-5-13-8-23-12(3)19-13/h7-8,21H,5-6,9H2,1-4H3,(H2,17,18,20). The van der Waals surface area contributed by atoms with Gasteiger partial charge >= 0.3 is 6.03 Å². The average molecular weight is 337 g/mol. The molecule has 6 nitrogen and oxygen atoms in total. The van der Waals surface area contributed by atoms with Gasteiger partial charge in [0.25, 0.3) is 0 Å². The Labute approximate surface area is 139 Å². The van der Waals surface area contributed by atoms with Crippen molar-refractivity contribution in [1.29, 1.82) is 0 Å². The quantitative estimate of drug-likeness (QED) is 0.755. The van der Waals surface area contributed by atoms with Gasteiger partial charge in [0, 0.05) is 23.9 Å². The number of amides is 2. The van der Waals surface area contributed by atoms with Gasteiger partial charge in [-0.25, -0.2) is 9.78 Å². The molecule has 23 heavy (non-hydrogen) atoms. The Bertz CT molecular complexity index is 676. The maximum absolute atomic E-state index is 11.8. The summed E-state index contributed by atoms with van der Waals surface area (Å²) in [5.41, 5.74) is 0.489. The molecule has 0 aliphatic heterocycles. The molecule has 126 valence electrons. The minimum atomic E-state index is -1.18. The third-order valence-corrected chi connectivity index (χ3v) is 4.37. The molecule has 0 aromatic carbocycles. The van der Waals surface area contributed by atoms with E-state index in [1.807, 2.05) is 19.2 Å². The van der Waals surface area contributed by atoms with Crippen LogP contribution in [0.5, 0.6) is 0 Å². The summed E-state index contributed by atoms with van der Waals surface area (Å²) in [6, 6.07) is 1.48. The van der Waals surface area contributed by atoms with E-state index in [9.17, 15) is 9.90 Å². The lowest BCUT2D eigenvalue weighted by atomic mass is 9.96. The smallest absolute Gasteiger partial charge is 0.314 e. The largest absolute Gasteiger partial charge is 0.466 e. The van der Waals surface area contributed by atoms with Gasteiger partial charge in [-0.3, -0.25) is 0 Å². The minimum absolute atomic E-state index is 0.106. The van der Waals surface area contributed by atoms with Crippen LogP contribution in [-0.4, -0.2) is 29.2 Å². The van der Waals surface area contributed by atoms with Gasteiger partial charge in [-0.1, -0.05) is 0 Å². The highest BCUT2D eigenvalue weighted by Gasteiger charge is 2.28. The fraction of sp³-hybridized carbons (Fsp3) is 0.500. The SMILES string of the molecule is Cc1cc(C(C)(O)CNC(=O)NCCc2csc(C)n2)c(C)o1. The van der Waals surface area contributed by atoms with E-state index in [0.29, 0.717) is 24.3 Å². The van der Waals surface area contributed by atoms with E-state index in [1.54, 1.807) is 31.3 Å². The summed E-state index contributed by atoms with van der Waals surface area (Å²) in [6.07, 6.45) is 0.689. The van der Waals surface area contributed by atoms with E-state index in [-0.39, 0.29) is 12.6 Å². The molecule has 7 heteroatoms. The number of carbonyl (C=O) groups is 1. The van der Waals surface area contributed by atoms with Crippen molar-refractivity contribution in [3.63, 3.8) is 0 Å². The highest BCUT2D eigenvalue weighted by molar-refractivity contribution is 7.09. The number of nitrogens with zero attached hydrogens (tertiary/aromatic N) is 1. The number of rotatable bonds is 6. The second-order valence-electron chi connectivity index (χ2n) is 5.82. The van der Waals surface area contributed by atoms with E-state index in [2.05, 4.69) is 15.6 Å². The number of aliphatic hydroxyl groups is 1. The van der Waals surface area contributed by atoms with Crippen LogP contribution < -0.4 is 10.6 Å². The number of nitrogens with one attached hydrogen (secondary N) is 2. The van der Waals surface area contributed by atoms with Crippen molar-refractivity contribution < 1.29 is 14.3 Å². The second-order valence-corrected chi connectivity index (χ2v) is 6.88. The monoisotopic (exact) mass is 337 g/mol. The molecular weight excluding hydrogens is 314 g/mol. The van der Waals surface area contributed by atoms with Crippen molar-refractivity contribution in [2.45, 2.75) is 39.7 Å². The topological polar surface area (TPSA) is 87.4 Å². The number of aryl methyl sites for hydroxylation is 3. The molecule has 2 rings (SSSR count). The Hall–Kier alpha value is -1.86. The van der Waals surface area contributed by atoms with Crippen LogP contribution in [-0.2, 0) is 12.0 Å². The molecule has 2 aromatic heterocycles. The van der Waals surface area contributed by atoms with Crippen LogP contribution in [0.1, 0.15) is 34.7 Å². The molecule has 1 atom stereocenters. The number of hydrogen-bond donors (Lipinski definition) is 3. The van der Waals surface area contributed by atoms with Crippen molar-refractivity contribution in [2.75, 3.05) is 13.1 Å². The van der Waals surface area contributed by atoms with E-state index >= 15 is 0 Å². The predicted octanol–water partition coefficient (Wildman–Crippen LogP) is 2.41. The fourth-order valence-corrected chi connectivity index (χ4v) is 3.05. The summed E-state index contributed by atoms with van der Waals surface area (Å²) < 4.78 is 5.43. The van der Waals surface area contributed by atoms with Crippen molar-refractivity contribution in [1.82, 2.24) is 15.6 Å². The first-order valence-electron chi connectivity index (χ1n) is 7.50. The number of urea groups is 1. The van der Waals surface area contributed by atoms with Crippen LogP contribution >= 0.6 is 11.3 Å². The molecule has 1 unspecified atom stereocenters. The van der Waals surface area contributed by atoms with Crippen LogP contribution in [0.3, 0.4) is 0 Å². The maximum Gasteiger partial charge on any atom is 0.314 e.